The number of carbonyl (C=O) groups is 3. The maximum Gasteiger partial charge on any atom is 0.471 e. The topological polar surface area (TPSA) is 76.2 Å². The van der Waals surface area contributed by atoms with Gasteiger partial charge in [-0.05, 0) is 29.8 Å². The van der Waals surface area contributed by atoms with Crippen LogP contribution in [0, 0.1) is 0 Å². The number of methoxy groups -OCH3 is 1. The molecule has 0 N–H and O–H groups in total. The zero-order valence-corrected chi connectivity index (χ0v) is 19.5. The van der Waals surface area contributed by atoms with Gasteiger partial charge in [0.05, 0.1) is 18.0 Å². The molecule has 2 unspecified atom stereocenters. The lowest BCUT2D eigenvalue weighted by molar-refractivity contribution is -0.183. The summed E-state index contributed by atoms with van der Waals surface area (Å²) in [6.07, 6.45) is -6.27. The van der Waals surface area contributed by atoms with Gasteiger partial charge in [0.2, 0.25) is 0 Å². The van der Waals surface area contributed by atoms with E-state index in [0.717, 1.165) is 7.05 Å². The summed E-state index contributed by atoms with van der Waals surface area (Å²) < 4.78 is 49.0. The minimum Gasteiger partial charge on any atom is -0.497 e. The van der Waals surface area contributed by atoms with Gasteiger partial charge in [-0.25, -0.2) is 0 Å². The fraction of sp³-hybridized carbons (Fsp3) is 0.348. The number of rotatable bonds is 6. The van der Waals surface area contributed by atoms with Gasteiger partial charge >= 0.3 is 18.1 Å². The first-order chi connectivity index (χ1) is 16.0. The predicted molar refractivity (Wildman–Crippen MR) is 120 cm³/mol. The van der Waals surface area contributed by atoms with Gasteiger partial charge in [-0.2, -0.15) is 13.2 Å². The Balaban J connectivity index is 1.98. The Labute approximate surface area is 198 Å². The molecule has 34 heavy (non-hydrogen) atoms. The second-order valence-electron chi connectivity index (χ2n) is 7.52. The number of fused-ring (bicyclic) bond motifs is 1. The van der Waals surface area contributed by atoms with E-state index in [1.54, 1.807) is 48.5 Å². The number of halogens is 3. The van der Waals surface area contributed by atoms with Crippen LogP contribution in [0.3, 0.4) is 0 Å². The molecule has 0 aromatic heterocycles. The largest absolute Gasteiger partial charge is 0.497 e. The van der Waals surface area contributed by atoms with Gasteiger partial charge in [0.25, 0.3) is 5.91 Å². The molecule has 0 aliphatic carbocycles. The summed E-state index contributed by atoms with van der Waals surface area (Å²) in [7, 11) is 2.54. The SMILES string of the molecule is COc1ccc(C2Sc3ccccc3N(CCN(C)C(=O)C(F)(F)F)C(=O)C2OC(C)=O)cc1. The predicted octanol–water partition coefficient (Wildman–Crippen LogP) is 3.83. The maximum atomic E-state index is 13.6. The van der Waals surface area contributed by atoms with Crippen molar-refractivity contribution < 1.29 is 37.0 Å². The number of para-hydroxylation sites is 1. The third-order valence-electron chi connectivity index (χ3n) is 5.18. The van der Waals surface area contributed by atoms with Gasteiger partial charge in [0.1, 0.15) is 5.75 Å². The second-order valence-corrected chi connectivity index (χ2v) is 8.71. The molecule has 2 amide bonds. The molecule has 1 aliphatic heterocycles. The average molecular weight is 497 g/mol. The summed E-state index contributed by atoms with van der Waals surface area (Å²) in [5.74, 6) is -2.67. The maximum absolute atomic E-state index is 13.6. The normalized spacial score (nSPS) is 18.1. The van der Waals surface area contributed by atoms with Gasteiger partial charge in [0, 0.05) is 32.0 Å². The van der Waals surface area contributed by atoms with Gasteiger partial charge in [-0.3, -0.25) is 14.4 Å². The number of alkyl halides is 3. The van der Waals surface area contributed by atoms with Crippen LogP contribution in [0.25, 0.3) is 0 Å². The van der Waals surface area contributed by atoms with Crippen LogP contribution < -0.4 is 9.64 Å². The first-order valence-corrected chi connectivity index (χ1v) is 11.1. The molecule has 2 aromatic carbocycles. The van der Waals surface area contributed by atoms with Crippen LogP contribution in [0.2, 0.25) is 0 Å². The first-order valence-electron chi connectivity index (χ1n) is 10.2. The van der Waals surface area contributed by atoms with Crippen molar-refractivity contribution in [2.24, 2.45) is 0 Å². The van der Waals surface area contributed by atoms with Crippen molar-refractivity contribution in [1.29, 1.82) is 0 Å². The summed E-state index contributed by atoms with van der Waals surface area (Å²) in [6.45, 7) is 0.589. The van der Waals surface area contributed by atoms with E-state index in [1.165, 1.54) is 30.7 Å². The van der Waals surface area contributed by atoms with Crippen LogP contribution in [0.4, 0.5) is 18.9 Å². The van der Waals surface area contributed by atoms with Crippen LogP contribution >= 0.6 is 11.8 Å². The van der Waals surface area contributed by atoms with E-state index < -0.39 is 35.3 Å². The molecule has 2 atom stereocenters. The number of carbonyl (C=O) groups excluding carboxylic acids is 3. The first kappa shape index (κ1) is 25.4. The molecule has 182 valence electrons. The van der Waals surface area contributed by atoms with Gasteiger partial charge in [-0.15, -0.1) is 11.8 Å². The Morgan fingerprint density at radius 1 is 1.12 bits per heavy atom. The van der Waals surface area contributed by atoms with Crippen molar-refractivity contribution in [1.82, 2.24) is 4.90 Å². The van der Waals surface area contributed by atoms with Crippen LogP contribution in [-0.4, -0.2) is 62.2 Å². The Kier molecular flexibility index (Phi) is 7.75. The summed E-state index contributed by atoms with van der Waals surface area (Å²) in [6, 6.07) is 13.9. The molecule has 0 spiro atoms. The minimum atomic E-state index is -5.02. The highest BCUT2D eigenvalue weighted by atomic mass is 32.2. The Morgan fingerprint density at radius 3 is 2.35 bits per heavy atom. The Morgan fingerprint density at radius 2 is 1.76 bits per heavy atom. The van der Waals surface area contributed by atoms with Crippen LogP contribution in [0.15, 0.2) is 53.4 Å². The molecule has 11 heteroatoms. The van der Waals surface area contributed by atoms with Crippen molar-refractivity contribution in [2.45, 2.75) is 29.3 Å². The smallest absolute Gasteiger partial charge is 0.471 e. The number of amides is 2. The van der Waals surface area contributed by atoms with Crippen molar-refractivity contribution in [3.8, 4) is 5.75 Å². The zero-order chi connectivity index (χ0) is 25.0. The third kappa shape index (κ3) is 5.64. The molecular weight excluding hydrogens is 473 g/mol. The molecule has 1 aliphatic rings. The second kappa shape index (κ2) is 10.4. The van der Waals surface area contributed by atoms with E-state index in [-0.39, 0.29) is 13.1 Å². The van der Waals surface area contributed by atoms with E-state index in [0.29, 0.717) is 26.8 Å². The molecule has 7 nitrogen and oxygen atoms in total. The molecule has 1 heterocycles. The number of hydrogen-bond acceptors (Lipinski definition) is 6. The van der Waals surface area contributed by atoms with Crippen molar-refractivity contribution in [3.05, 3.63) is 54.1 Å². The lowest BCUT2D eigenvalue weighted by Crippen LogP contribution is -2.47. The number of anilines is 1. The summed E-state index contributed by atoms with van der Waals surface area (Å²) in [5, 5.41) is -0.622. The monoisotopic (exact) mass is 496 g/mol. The van der Waals surface area contributed by atoms with Crippen molar-refractivity contribution >= 4 is 35.2 Å². The fourth-order valence-electron chi connectivity index (χ4n) is 3.51. The van der Waals surface area contributed by atoms with Gasteiger partial charge in [-0.1, -0.05) is 24.3 Å². The number of ether oxygens (including phenoxy) is 2. The highest BCUT2D eigenvalue weighted by Gasteiger charge is 2.43. The third-order valence-corrected chi connectivity index (χ3v) is 6.55. The Hall–Kier alpha value is -3.21. The molecule has 2 aromatic rings. The number of likely N-dealkylation sites (N-methyl/N-ethyl adjacent to an activating group) is 1. The molecule has 0 saturated carbocycles. The standard InChI is InChI=1S/C23H23F3N2O5S/c1-14(29)33-19-20(15-8-10-16(32-3)11-9-15)34-18-7-5-4-6-17(18)28(21(19)30)13-12-27(2)22(31)23(24,25)26/h4-11,19-20H,12-13H2,1-3H3. The lowest BCUT2D eigenvalue weighted by atomic mass is 10.1. The fourth-order valence-corrected chi connectivity index (χ4v) is 4.82. The van der Waals surface area contributed by atoms with E-state index in [4.69, 9.17) is 9.47 Å². The molecule has 0 bridgehead atoms. The number of benzene rings is 2. The molecule has 0 saturated heterocycles. The van der Waals surface area contributed by atoms with E-state index >= 15 is 0 Å². The lowest BCUT2D eigenvalue weighted by Gasteiger charge is -2.29. The van der Waals surface area contributed by atoms with Crippen LogP contribution in [-0.2, 0) is 19.1 Å². The molecular formula is C23H23F3N2O5S. The molecule has 3 rings (SSSR count). The summed E-state index contributed by atoms with van der Waals surface area (Å²) in [4.78, 5) is 39.5. The molecule has 0 fully saturated rings. The number of esters is 1. The highest BCUT2D eigenvalue weighted by molar-refractivity contribution is 7.99. The van der Waals surface area contributed by atoms with E-state index in [2.05, 4.69) is 0 Å². The summed E-state index contributed by atoms with van der Waals surface area (Å²) >= 11 is 1.31. The van der Waals surface area contributed by atoms with Crippen LogP contribution in [0.5, 0.6) is 5.75 Å². The van der Waals surface area contributed by atoms with Crippen LogP contribution in [0.1, 0.15) is 17.7 Å². The van der Waals surface area contributed by atoms with Gasteiger partial charge in [0.15, 0.2) is 6.10 Å². The highest BCUT2D eigenvalue weighted by Crippen LogP contribution is 2.46. The minimum absolute atomic E-state index is 0.220. The average Bonchev–Trinajstić information content (AvgIpc) is 2.91. The number of hydrogen-bond donors (Lipinski definition) is 0. The zero-order valence-electron chi connectivity index (χ0n) is 18.7. The van der Waals surface area contributed by atoms with Gasteiger partial charge < -0.3 is 19.3 Å². The number of nitrogens with zero attached hydrogens (tertiary/aromatic N) is 2. The van der Waals surface area contributed by atoms with Crippen molar-refractivity contribution in [3.63, 3.8) is 0 Å². The number of thioether (sulfide) groups is 1. The Bertz CT molecular complexity index is 1060. The quantitative estimate of drug-likeness (QED) is 0.566. The van der Waals surface area contributed by atoms with E-state index in [9.17, 15) is 27.6 Å². The van der Waals surface area contributed by atoms with Crippen molar-refractivity contribution in [2.75, 3.05) is 32.1 Å². The van der Waals surface area contributed by atoms with E-state index in [1.807, 2.05) is 0 Å². The molecule has 0 radical (unpaired) electrons. The summed E-state index contributed by atoms with van der Waals surface area (Å²) in [5.41, 5.74) is 1.16.